The molecule has 252 valence electrons. The maximum Gasteiger partial charge on any atom is 0.309 e. The van der Waals surface area contributed by atoms with E-state index in [1.54, 1.807) is 33.8 Å². The summed E-state index contributed by atoms with van der Waals surface area (Å²) in [5.41, 5.74) is -7.39. The molecule has 46 heavy (non-hydrogen) atoms. The van der Waals surface area contributed by atoms with Crippen LogP contribution >= 0.6 is 0 Å². The standard InChI is InChI=1S/C33H42O13/c1-16-32-14-24(38)45-26(20-10-11-41-15-20)30(32,7)13-22(42-17(2)34)33(16,39)31(8)21(12-23(37)40-9)29(5,6)27(44-19(4)36)25(28(31)46-32)43-18(3)35/h10-11,15,21-22,25-28,39H,1,12-14H2,2-9H3. The van der Waals surface area contributed by atoms with Gasteiger partial charge in [0.05, 0.1) is 26.1 Å². The van der Waals surface area contributed by atoms with Gasteiger partial charge in [-0.3, -0.25) is 24.0 Å². The second-order valence-corrected chi connectivity index (χ2v) is 14.0. The first kappa shape index (κ1) is 33.6. The number of rotatable bonds is 6. The molecule has 4 fully saturated rings. The number of carbonyl (C=O) groups excluding carboxylic acids is 5. The molecule has 2 aliphatic heterocycles. The van der Waals surface area contributed by atoms with Crippen LogP contribution in [0.5, 0.6) is 0 Å². The Labute approximate surface area is 266 Å². The minimum absolute atomic E-state index is 0.0436. The van der Waals surface area contributed by atoms with Gasteiger partial charge >= 0.3 is 29.8 Å². The normalized spacial score (nSPS) is 40.8. The highest BCUT2D eigenvalue weighted by molar-refractivity contribution is 5.76. The number of hydrogen-bond donors (Lipinski definition) is 1. The zero-order chi connectivity index (χ0) is 34.2. The Balaban J connectivity index is 1.85. The quantitative estimate of drug-likeness (QED) is 0.271. The van der Waals surface area contributed by atoms with E-state index in [0.29, 0.717) is 5.56 Å². The summed E-state index contributed by atoms with van der Waals surface area (Å²) >= 11 is 0. The van der Waals surface area contributed by atoms with Crippen molar-refractivity contribution in [2.75, 3.05) is 7.11 Å². The Morgan fingerprint density at radius 1 is 1.02 bits per heavy atom. The molecule has 0 aromatic carbocycles. The lowest BCUT2D eigenvalue weighted by molar-refractivity contribution is -0.383. The molecule has 1 aromatic heterocycles. The molecule has 13 nitrogen and oxygen atoms in total. The Kier molecular flexibility index (Phi) is 8.00. The van der Waals surface area contributed by atoms with E-state index in [4.69, 9.17) is 32.8 Å². The van der Waals surface area contributed by atoms with Crippen molar-refractivity contribution in [2.24, 2.45) is 22.2 Å². The summed E-state index contributed by atoms with van der Waals surface area (Å²) in [6, 6.07) is 1.63. The van der Waals surface area contributed by atoms with Crippen molar-refractivity contribution in [1.29, 1.82) is 0 Å². The fourth-order valence-electron chi connectivity index (χ4n) is 9.20. The highest BCUT2D eigenvalue weighted by Crippen LogP contribution is 2.74. The molecule has 0 radical (unpaired) electrons. The first-order valence-electron chi connectivity index (χ1n) is 15.2. The fraction of sp³-hybridized carbons (Fsp3) is 0.667. The lowest BCUT2D eigenvalue weighted by Crippen LogP contribution is -2.85. The third-order valence-corrected chi connectivity index (χ3v) is 11.2. The minimum Gasteiger partial charge on any atom is -0.472 e. The van der Waals surface area contributed by atoms with Crippen molar-refractivity contribution < 1.29 is 61.9 Å². The maximum atomic E-state index is 13.5. The SMILES string of the molecule is C=C1C23CC(=O)OC(c4ccoc4)C2(C)CC(OC(C)=O)C1(O)C1(C)C(O3)C(OC(C)=O)C(OC(C)=O)C(C)(C)C1CC(=O)OC. The second kappa shape index (κ2) is 10.9. The molecule has 1 spiro atoms. The monoisotopic (exact) mass is 646 g/mol. The van der Waals surface area contributed by atoms with Crippen LogP contribution in [0, 0.1) is 22.2 Å². The van der Waals surface area contributed by atoms with E-state index >= 15 is 0 Å². The summed E-state index contributed by atoms with van der Waals surface area (Å²) < 4.78 is 41.1. The molecule has 1 N–H and O–H groups in total. The van der Waals surface area contributed by atoms with Gasteiger partial charge in [-0.2, -0.15) is 0 Å². The van der Waals surface area contributed by atoms with Crippen molar-refractivity contribution in [3.8, 4) is 0 Å². The largest absolute Gasteiger partial charge is 0.472 e. The van der Waals surface area contributed by atoms with Crippen LogP contribution in [-0.4, -0.2) is 77.7 Å². The molecule has 3 heterocycles. The van der Waals surface area contributed by atoms with E-state index in [9.17, 15) is 29.1 Å². The number of hydrogen-bond acceptors (Lipinski definition) is 13. The summed E-state index contributed by atoms with van der Waals surface area (Å²) in [5.74, 6) is -4.33. The summed E-state index contributed by atoms with van der Waals surface area (Å²) in [6.07, 6.45) is -4.10. The molecule has 13 heteroatoms. The summed E-state index contributed by atoms with van der Waals surface area (Å²) in [6.45, 7) is 14.8. The van der Waals surface area contributed by atoms with Crippen LogP contribution in [0.4, 0.5) is 0 Å². The van der Waals surface area contributed by atoms with Crippen molar-refractivity contribution in [1.82, 2.24) is 0 Å². The van der Waals surface area contributed by atoms with Gasteiger partial charge in [0.25, 0.3) is 0 Å². The molecular formula is C33H42O13. The van der Waals surface area contributed by atoms with Gasteiger partial charge in [0.2, 0.25) is 0 Å². The smallest absolute Gasteiger partial charge is 0.309 e. The van der Waals surface area contributed by atoms with E-state index in [-0.39, 0.29) is 18.4 Å². The van der Waals surface area contributed by atoms with Gasteiger partial charge in [-0.05, 0) is 24.0 Å². The Hall–Kier alpha value is -3.71. The number of furan rings is 1. The topological polar surface area (TPSA) is 174 Å². The summed E-state index contributed by atoms with van der Waals surface area (Å²) in [7, 11) is 1.22. The van der Waals surface area contributed by atoms with E-state index < -0.39 is 100 Å². The average Bonchev–Trinajstić information content (AvgIpc) is 3.48. The van der Waals surface area contributed by atoms with Crippen LogP contribution in [0.25, 0.3) is 0 Å². The van der Waals surface area contributed by atoms with Gasteiger partial charge in [0, 0.05) is 49.0 Å². The van der Waals surface area contributed by atoms with Crippen LogP contribution in [0.2, 0.25) is 0 Å². The van der Waals surface area contributed by atoms with Gasteiger partial charge < -0.3 is 37.9 Å². The molecule has 4 aliphatic rings. The van der Waals surface area contributed by atoms with Crippen LogP contribution in [-0.2, 0) is 52.4 Å². The number of ether oxygens (including phenoxy) is 6. The maximum absolute atomic E-state index is 13.5. The van der Waals surface area contributed by atoms with Crippen LogP contribution in [0.1, 0.15) is 79.4 Å². The zero-order valence-electron chi connectivity index (χ0n) is 27.4. The Bertz CT molecular complexity index is 1460. The predicted molar refractivity (Wildman–Crippen MR) is 155 cm³/mol. The summed E-state index contributed by atoms with van der Waals surface area (Å²) in [4.78, 5) is 64.5. The lowest BCUT2D eigenvalue weighted by Gasteiger charge is -2.75. The number of esters is 5. The van der Waals surface area contributed by atoms with Crippen LogP contribution in [0.15, 0.2) is 35.2 Å². The number of aliphatic hydroxyl groups is 1. The van der Waals surface area contributed by atoms with E-state index in [1.165, 1.54) is 40.4 Å². The van der Waals surface area contributed by atoms with E-state index in [0.717, 1.165) is 0 Å². The molecule has 2 saturated heterocycles. The second-order valence-electron chi connectivity index (χ2n) is 14.0. The fourth-order valence-corrected chi connectivity index (χ4v) is 9.20. The first-order valence-corrected chi connectivity index (χ1v) is 15.2. The highest BCUT2D eigenvalue weighted by atomic mass is 16.6. The molecule has 2 aliphatic carbocycles. The van der Waals surface area contributed by atoms with E-state index in [2.05, 4.69) is 6.58 Å². The zero-order valence-corrected chi connectivity index (χ0v) is 27.4. The highest BCUT2D eigenvalue weighted by Gasteiger charge is 2.83. The molecule has 0 amide bonds. The van der Waals surface area contributed by atoms with Crippen molar-refractivity contribution in [2.45, 2.75) is 109 Å². The minimum atomic E-state index is -2.19. The number of methoxy groups -OCH3 is 1. The van der Waals surface area contributed by atoms with Gasteiger partial charge in [0.1, 0.15) is 35.6 Å². The van der Waals surface area contributed by atoms with Gasteiger partial charge in [-0.1, -0.05) is 34.3 Å². The van der Waals surface area contributed by atoms with Gasteiger partial charge in [-0.25, -0.2) is 0 Å². The molecule has 2 saturated carbocycles. The molecular weight excluding hydrogens is 604 g/mol. The molecule has 5 rings (SSSR count). The number of carbonyl (C=O) groups is 5. The van der Waals surface area contributed by atoms with E-state index in [1.807, 2.05) is 0 Å². The Morgan fingerprint density at radius 2 is 1.65 bits per heavy atom. The molecule has 10 unspecified atom stereocenters. The molecule has 2 bridgehead atoms. The van der Waals surface area contributed by atoms with Crippen molar-refractivity contribution in [3.63, 3.8) is 0 Å². The van der Waals surface area contributed by atoms with Crippen molar-refractivity contribution in [3.05, 3.63) is 36.3 Å². The molecule has 10 atom stereocenters. The Morgan fingerprint density at radius 3 is 2.20 bits per heavy atom. The third kappa shape index (κ3) is 4.44. The summed E-state index contributed by atoms with van der Waals surface area (Å²) in [5, 5.41) is 13.4. The third-order valence-electron chi connectivity index (χ3n) is 11.2. The number of cyclic esters (lactones) is 1. The lowest BCUT2D eigenvalue weighted by atomic mass is 9.38. The van der Waals surface area contributed by atoms with Gasteiger partial charge in [-0.15, -0.1) is 0 Å². The average molecular weight is 647 g/mol. The van der Waals surface area contributed by atoms with Gasteiger partial charge in [0.15, 0.2) is 6.10 Å². The predicted octanol–water partition coefficient (Wildman–Crippen LogP) is 3.12. The molecule has 1 aromatic rings. The number of fused-ring (bicyclic) bond motifs is 3. The van der Waals surface area contributed by atoms with Crippen molar-refractivity contribution >= 4 is 29.8 Å². The first-order chi connectivity index (χ1) is 21.3. The van der Waals surface area contributed by atoms with Crippen LogP contribution in [0.3, 0.4) is 0 Å². The van der Waals surface area contributed by atoms with Crippen LogP contribution < -0.4 is 0 Å².